The number of furan rings is 1. The van der Waals surface area contributed by atoms with Crippen LogP contribution in [0.4, 0.5) is 0 Å². The van der Waals surface area contributed by atoms with Gasteiger partial charge in [-0.1, -0.05) is 30.3 Å². The Bertz CT molecular complexity index is 1010. The number of aromatic nitrogens is 3. The molecule has 3 heterocycles. The standard InChI is InChI=1S/C21H18N4O2/c26-21(23-13-19-7-4-10-27-19)17-8-9-20(22-11-17)18-12-24-25(15-18)14-16-5-2-1-3-6-16/h1-12,15H,13-14H2,(H,23,26). The van der Waals surface area contributed by atoms with Crippen molar-refractivity contribution < 1.29 is 9.21 Å². The first-order valence-corrected chi connectivity index (χ1v) is 8.61. The van der Waals surface area contributed by atoms with Crippen LogP contribution in [0.1, 0.15) is 21.7 Å². The van der Waals surface area contributed by atoms with Gasteiger partial charge in [0.25, 0.3) is 5.91 Å². The smallest absolute Gasteiger partial charge is 0.253 e. The van der Waals surface area contributed by atoms with Gasteiger partial charge in [-0.2, -0.15) is 5.10 Å². The number of carbonyl (C=O) groups is 1. The van der Waals surface area contributed by atoms with Gasteiger partial charge in [-0.15, -0.1) is 0 Å². The van der Waals surface area contributed by atoms with Gasteiger partial charge in [0.1, 0.15) is 5.76 Å². The van der Waals surface area contributed by atoms with Gasteiger partial charge in [0.05, 0.1) is 36.8 Å². The molecule has 134 valence electrons. The van der Waals surface area contributed by atoms with E-state index in [1.807, 2.05) is 41.2 Å². The van der Waals surface area contributed by atoms with Crippen molar-refractivity contribution in [3.8, 4) is 11.3 Å². The molecule has 4 rings (SSSR count). The van der Waals surface area contributed by atoms with E-state index in [4.69, 9.17) is 4.42 Å². The molecule has 0 bridgehead atoms. The predicted molar refractivity (Wildman–Crippen MR) is 101 cm³/mol. The monoisotopic (exact) mass is 358 g/mol. The van der Waals surface area contributed by atoms with Gasteiger partial charge >= 0.3 is 0 Å². The van der Waals surface area contributed by atoms with Crippen LogP contribution in [0.3, 0.4) is 0 Å². The largest absolute Gasteiger partial charge is 0.467 e. The predicted octanol–water partition coefficient (Wildman–Crippen LogP) is 3.52. The molecule has 0 aliphatic heterocycles. The van der Waals surface area contributed by atoms with Crippen LogP contribution < -0.4 is 5.32 Å². The van der Waals surface area contributed by atoms with E-state index in [0.717, 1.165) is 11.3 Å². The minimum atomic E-state index is -0.190. The number of hydrogen-bond acceptors (Lipinski definition) is 4. The van der Waals surface area contributed by atoms with Crippen LogP contribution in [0.5, 0.6) is 0 Å². The van der Waals surface area contributed by atoms with Gasteiger partial charge in [0.2, 0.25) is 0 Å². The van der Waals surface area contributed by atoms with E-state index < -0.39 is 0 Å². The minimum Gasteiger partial charge on any atom is -0.467 e. The second-order valence-electron chi connectivity index (χ2n) is 6.11. The Hall–Kier alpha value is -3.67. The number of benzene rings is 1. The summed E-state index contributed by atoms with van der Waals surface area (Å²) in [6, 6.07) is 17.3. The number of pyridine rings is 1. The molecule has 1 aromatic carbocycles. The lowest BCUT2D eigenvalue weighted by atomic mass is 10.2. The highest BCUT2D eigenvalue weighted by Gasteiger charge is 2.09. The molecule has 3 aromatic heterocycles. The Morgan fingerprint density at radius 3 is 2.67 bits per heavy atom. The molecule has 27 heavy (non-hydrogen) atoms. The molecule has 0 unspecified atom stereocenters. The van der Waals surface area contributed by atoms with E-state index in [-0.39, 0.29) is 5.91 Å². The Kier molecular flexibility index (Phi) is 4.78. The lowest BCUT2D eigenvalue weighted by Gasteiger charge is -2.04. The Morgan fingerprint density at radius 1 is 1.04 bits per heavy atom. The second kappa shape index (κ2) is 7.70. The first kappa shape index (κ1) is 16.8. The molecule has 4 aromatic rings. The van der Waals surface area contributed by atoms with E-state index >= 15 is 0 Å². The molecular formula is C21H18N4O2. The summed E-state index contributed by atoms with van der Waals surface area (Å²) in [6.07, 6.45) is 6.88. The van der Waals surface area contributed by atoms with Crippen LogP contribution in [0.25, 0.3) is 11.3 Å². The van der Waals surface area contributed by atoms with Crippen molar-refractivity contribution in [1.82, 2.24) is 20.1 Å². The van der Waals surface area contributed by atoms with Crippen LogP contribution in [-0.2, 0) is 13.1 Å². The van der Waals surface area contributed by atoms with Crippen LogP contribution in [0.15, 0.2) is 83.9 Å². The quantitative estimate of drug-likeness (QED) is 0.572. The van der Waals surface area contributed by atoms with Crippen LogP contribution in [-0.4, -0.2) is 20.7 Å². The first-order chi connectivity index (χ1) is 13.3. The lowest BCUT2D eigenvalue weighted by Crippen LogP contribution is -2.22. The molecule has 0 saturated heterocycles. The van der Waals surface area contributed by atoms with Gasteiger partial charge in [-0.05, 0) is 29.8 Å². The lowest BCUT2D eigenvalue weighted by molar-refractivity contribution is 0.0947. The van der Waals surface area contributed by atoms with Crippen LogP contribution in [0.2, 0.25) is 0 Å². The number of carbonyl (C=O) groups excluding carboxylic acids is 1. The average Bonchev–Trinajstić information content (AvgIpc) is 3.39. The molecule has 1 amide bonds. The number of rotatable bonds is 6. The molecule has 0 radical (unpaired) electrons. The van der Waals surface area contributed by atoms with Gasteiger partial charge in [-0.25, -0.2) is 0 Å². The molecule has 6 nitrogen and oxygen atoms in total. The maximum atomic E-state index is 12.2. The summed E-state index contributed by atoms with van der Waals surface area (Å²) in [4.78, 5) is 16.6. The van der Waals surface area contributed by atoms with Crippen molar-refractivity contribution in [2.75, 3.05) is 0 Å². The fourth-order valence-electron chi connectivity index (χ4n) is 2.73. The van der Waals surface area contributed by atoms with Crippen molar-refractivity contribution in [3.05, 3.63) is 96.3 Å². The number of hydrogen-bond donors (Lipinski definition) is 1. The van der Waals surface area contributed by atoms with Gasteiger partial charge in [0.15, 0.2) is 0 Å². The summed E-state index contributed by atoms with van der Waals surface area (Å²) < 4.78 is 7.07. The highest BCUT2D eigenvalue weighted by Crippen LogP contribution is 2.17. The van der Waals surface area contributed by atoms with E-state index in [0.29, 0.717) is 24.4 Å². The second-order valence-corrected chi connectivity index (χ2v) is 6.11. The number of nitrogens with zero attached hydrogens (tertiary/aromatic N) is 3. The third-order valence-corrected chi connectivity index (χ3v) is 4.15. The molecule has 0 aliphatic rings. The fraction of sp³-hybridized carbons (Fsp3) is 0.0952. The molecule has 0 saturated carbocycles. The van der Waals surface area contributed by atoms with Crippen LogP contribution >= 0.6 is 0 Å². The molecule has 0 fully saturated rings. The maximum absolute atomic E-state index is 12.2. The summed E-state index contributed by atoms with van der Waals surface area (Å²) in [5.41, 5.74) is 3.37. The Labute approximate surface area is 156 Å². The van der Waals surface area contributed by atoms with Crippen LogP contribution in [0, 0.1) is 0 Å². The fourth-order valence-corrected chi connectivity index (χ4v) is 2.73. The SMILES string of the molecule is O=C(NCc1ccco1)c1ccc(-c2cnn(Cc3ccccc3)c2)nc1. The Balaban J connectivity index is 1.40. The molecule has 0 spiro atoms. The Morgan fingerprint density at radius 2 is 1.93 bits per heavy atom. The van der Waals surface area contributed by atoms with Crippen molar-refractivity contribution in [2.45, 2.75) is 13.1 Å². The minimum absolute atomic E-state index is 0.190. The number of nitrogens with one attached hydrogen (secondary N) is 1. The van der Waals surface area contributed by atoms with E-state index in [1.54, 1.807) is 30.8 Å². The summed E-state index contributed by atoms with van der Waals surface area (Å²) in [6.45, 7) is 1.05. The maximum Gasteiger partial charge on any atom is 0.253 e. The van der Waals surface area contributed by atoms with Gasteiger partial charge < -0.3 is 9.73 Å². The van der Waals surface area contributed by atoms with Crippen molar-refractivity contribution in [2.24, 2.45) is 0 Å². The van der Waals surface area contributed by atoms with E-state index in [9.17, 15) is 4.79 Å². The van der Waals surface area contributed by atoms with Crippen molar-refractivity contribution in [1.29, 1.82) is 0 Å². The van der Waals surface area contributed by atoms with Gasteiger partial charge in [-0.3, -0.25) is 14.5 Å². The normalized spacial score (nSPS) is 10.7. The van der Waals surface area contributed by atoms with Crippen molar-refractivity contribution in [3.63, 3.8) is 0 Å². The molecule has 0 aliphatic carbocycles. The highest BCUT2D eigenvalue weighted by molar-refractivity contribution is 5.94. The van der Waals surface area contributed by atoms with Crippen molar-refractivity contribution >= 4 is 5.91 Å². The zero-order chi connectivity index (χ0) is 18.5. The summed E-state index contributed by atoms with van der Waals surface area (Å²) in [5, 5.41) is 7.19. The van der Waals surface area contributed by atoms with E-state index in [2.05, 4.69) is 27.5 Å². The number of amides is 1. The molecule has 0 atom stereocenters. The summed E-state index contributed by atoms with van der Waals surface area (Å²) in [5.74, 6) is 0.518. The average molecular weight is 358 g/mol. The van der Waals surface area contributed by atoms with E-state index in [1.165, 1.54) is 5.56 Å². The molecule has 6 heteroatoms. The summed E-state index contributed by atoms with van der Waals surface area (Å²) in [7, 11) is 0. The van der Waals surface area contributed by atoms with Gasteiger partial charge in [0, 0.05) is 18.0 Å². The third-order valence-electron chi connectivity index (χ3n) is 4.15. The third kappa shape index (κ3) is 4.12. The molecular weight excluding hydrogens is 340 g/mol. The first-order valence-electron chi connectivity index (χ1n) is 8.61. The topological polar surface area (TPSA) is 73.0 Å². The zero-order valence-electron chi connectivity index (χ0n) is 14.6. The molecule has 1 N–H and O–H groups in total. The highest BCUT2D eigenvalue weighted by atomic mass is 16.3. The zero-order valence-corrected chi connectivity index (χ0v) is 14.6. The summed E-state index contributed by atoms with van der Waals surface area (Å²) >= 11 is 0.